The molecular formula is C9H2Cl8. The van der Waals surface area contributed by atoms with Crippen LogP contribution < -0.4 is 0 Å². The average molecular weight is 394 g/mol. The Labute approximate surface area is 138 Å². The Morgan fingerprint density at radius 1 is 0.706 bits per heavy atom. The van der Waals surface area contributed by atoms with Crippen molar-refractivity contribution in [1.29, 1.82) is 0 Å². The first-order chi connectivity index (χ1) is 7.61. The van der Waals surface area contributed by atoms with Gasteiger partial charge in [-0.25, -0.2) is 0 Å². The molecule has 17 heavy (non-hydrogen) atoms. The van der Waals surface area contributed by atoms with E-state index >= 15 is 0 Å². The lowest BCUT2D eigenvalue weighted by Crippen LogP contribution is -2.29. The smallest absolute Gasteiger partial charge is 0.0975 e. The molecule has 0 fully saturated rings. The summed E-state index contributed by atoms with van der Waals surface area (Å²) in [5, 5.41) is 0.537. The zero-order valence-electron chi connectivity index (χ0n) is 7.73. The zero-order chi connectivity index (χ0) is 13.2. The number of hydrogen-bond donors (Lipinski definition) is 0. The van der Waals surface area contributed by atoms with E-state index in [0.717, 1.165) is 0 Å². The van der Waals surface area contributed by atoms with Crippen molar-refractivity contribution in [3.63, 3.8) is 0 Å². The highest BCUT2D eigenvalue weighted by Gasteiger charge is 2.57. The largest absolute Gasteiger partial charge is 0.177 e. The van der Waals surface area contributed by atoms with Gasteiger partial charge in [-0.15, -0.1) is 0 Å². The van der Waals surface area contributed by atoms with Crippen LogP contribution in [0.25, 0.3) is 0 Å². The van der Waals surface area contributed by atoms with Gasteiger partial charge in [0.2, 0.25) is 0 Å². The van der Waals surface area contributed by atoms with Crippen LogP contribution in [0.5, 0.6) is 0 Å². The fourth-order valence-corrected chi connectivity index (χ4v) is 3.89. The molecule has 0 radical (unpaired) electrons. The van der Waals surface area contributed by atoms with Gasteiger partial charge in [0.25, 0.3) is 0 Å². The third-order valence-corrected chi connectivity index (χ3v) is 6.62. The minimum absolute atomic E-state index is 0.0776. The summed E-state index contributed by atoms with van der Waals surface area (Å²) in [6, 6.07) is 0. The summed E-state index contributed by atoms with van der Waals surface area (Å²) in [6.45, 7) is 0. The molecular weight excluding hydrogens is 392 g/mol. The molecule has 0 spiro atoms. The molecule has 0 bridgehead atoms. The molecule has 1 aliphatic rings. The maximum absolute atomic E-state index is 6.15. The minimum Gasteiger partial charge on any atom is -0.0975 e. The van der Waals surface area contributed by atoms with Crippen LogP contribution in [0.3, 0.4) is 0 Å². The second-order valence-electron chi connectivity index (χ2n) is 3.57. The summed E-state index contributed by atoms with van der Waals surface area (Å²) < 4.78 is -3.04. The topological polar surface area (TPSA) is 0 Å². The Kier molecular flexibility index (Phi) is 3.98. The molecule has 0 nitrogen and oxygen atoms in total. The fourth-order valence-electron chi connectivity index (χ4n) is 1.69. The lowest BCUT2D eigenvalue weighted by molar-refractivity contribution is 0.752. The van der Waals surface area contributed by atoms with Crippen molar-refractivity contribution in [1.82, 2.24) is 0 Å². The van der Waals surface area contributed by atoms with Crippen LogP contribution in [0.1, 0.15) is 11.1 Å². The maximum atomic E-state index is 6.15. The molecule has 0 atom stereocenters. The molecule has 0 N–H and O–H groups in total. The van der Waals surface area contributed by atoms with Crippen LogP contribution in [0.4, 0.5) is 0 Å². The molecule has 0 saturated heterocycles. The Morgan fingerprint density at radius 3 is 1.71 bits per heavy atom. The van der Waals surface area contributed by atoms with E-state index in [2.05, 4.69) is 0 Å². The van der Waals surface area contributed by atoms with E-state index in [1.165, 1.54) is 0 Å². The Morgan fingerprint density at radius 2 is 1.18 bits per heavy atom. The predicted molar refractivity (Wildman–Crippen MR) is 78.0 cm³/mol. The second-order valence-corrected chi connectivity index (χ2v) is 7.89. The fraction of sp³-hybridized carbons (Fsp3) is 0.333. The summed E-state index contributed by atoms with van der Waals surface area (Å²) in [6.07, 6.45) is 0.133. The Bertz CT molecular complexity index is 504. The van der Waals surface area contributed by atoms with Crippen molar-refractivity contribution in [2.24, 2.45) is 0 Å². The molecule has 0 unspecified atom stereocenters. The zero-order valence-corrected chi connectivity index (χ0v) is 13.8. The molecule has 0 aliphatic heterocycles. The molecule has 2 rings (SSSR count). The van der Waals surface area contributed by atoms with Crippen molar-refractivity contribution < 1.29 is 0 Å². The molecule has 0 heterocycles. The van der Waals surface area contributed by atoms with Crippen LogP contribution in [0.15, 0.2) is 0 Å². The quantitative estimate of drug-likeness (QED) is 0.262. The van der Waals surface area contributed by atoms with Crippen molar-refractivity contribution in [3.8, 4) is 0 Å². The second kappa shape index (κ2) is 4.53. The molecule has 0 saturated carbocycles. The van der Waals surface area contributed by atoms with Crippen molar-refractivity contribution >= 4 is 92.8 Å². The van der Waals surface area contributed by atoms with Gasteiger partial charge in [-0.2, -0.15) is 0 Å². The molecule has 1 aliphatic carbocycles. The van der Waals surface area contributed by atoms with Crippen LogP contribution >= 0.6 is 92.8 Å². The summed E-state index contributed by atoms with van der Waals surface area (Å²) in [7, 11) is 0. The van der Waals surface area contributed by atoms with E-state index in [1.54, 1.807) is 0 Å². The van der Waals surface area contributed by atoms with Crippen molar-refractivity contribution in [2.45, 2.75) is 15.1 Å². The maximum Gasteiger partial charge on any atom is 0.177 e. The normalized spacial score (nSPS) is 20.5. The van der Waals surface area contributed by atoms with E-state index in [0.29, 0.717) is 11.1 Å². The van der Waals surface area contributed by atoms with Gasteiger partial charge in [-0.1, -0.05) is 92.8 Å². The SMILES string of the molecule is Clc1c(Cl)c(Cl)c2c(c1Cl)CC(Cl)(Cl)C2(Cl)Cl. The van der Waals surface area contributed by atoms with E-state index in [9.17, 15) is 0 Å². The van der Waals surface area contributed by atoms with Gasteiger partial charge in [-0.05, 0) is 5.56 Å². The van der Waals surface area contributed by atoms with Gasteiger partial charge >= 0.3 is 0 Å². The van der Waals surface area contributed by atoms with Gasteiger partial charge in [0.1, 0.15) is 0 Å². The number of benzene rings is 1. The monoisotopic (exact) mass is 390 g/mol. The van der Waals surface area contributed by atoms with E-state index in [-0.39, 0.29) is 26.5 Å². The van der Waals surface area contributed by atoms with Crippen LogP contribution in [-0.2, 0) is 10.8 Å². The van der Waals surface area contributed by atoms with Crippen LogP contribution in [-0.4, -0.2) is 4.33 Å². The molecule has 8 heteroatoms. The first-order valence-corrected chi connectivity index (χ1v) is 7.24. The summed E-state index contributed by atoms with van der Waals surface area (Å²) >= 11 is 48.4. The number of rotatable bonds is 0. The van der Waals surface area contributed by atoms with Crippen LogP contribution in [0, 0.1) is 0 Å². The van der Waals surface area contributed by atoms with Gasteiger partial charge in [0.05, 0.1) is 20.1 Å². The highest BCUT2D eigenvalue weighted by molar-refractivity contribution is 6.64. The highest BCUT2D eigenvalue weighted by Crippen LogP contribution is 2.62. The van der Waals surface area contributed by atoms with Gasteiger partial charge in [0.15, 0.2) is 8.67 Å². The average Bonchev–Trinajstić information content (AvgIpc) is 2.40. The Balaban J connectivity index is 2.85. The number of fused-ring (bicyclic) bond motifs is 1. The van der Waals surface area contributed by atoms with Crippen molar-refractivity contribution in [2.75, 3.05) is 0 Å². The lowest BCUT2D eigenvalue weighted by atomic mass is 10.1. The minimum atomic E-state index is -1.60. The summed E-state index contributed by atoms with van der Waals surface area (Å²) in [4.78, 5) is 0. The molecule has 0 aromatic heterocycles. The number of alkyl halides is 4. The van der Waals surface area contributed by atoms with Crippen molar-refractivity contribution in [3.05, 3.63) is 31.2 Å². The first-order valence-electron chi connectivity index (χ1n) is 4.22. The number of hydrogen-bond acceptors (Lipinski definition) is 0. The van der Waals surface area contributed by atoms with E-state index < -0.39 is 8.67 Å². The summed E-state index contributed by atoms with van der Waals surface area (Å²) in [5.41, 5.74) is 0.827. The summed E-state index contributed by atoms with van der Waals surface area (Å²) in [5.74, 6) is 0. The highest BCUT2D eigenvalue weighted by atomic mass is 35.5. The molecule has 1 aromatic carbocycles. The molecule has 1 aromatic rings. The van der Waals surface area contributed by atoms with Gasteiger partial charge in [-0.3, -0.25) is 0 Å². The third kappa shape index (κ3) is 2.04. The van der Waals surface area contributed by atoms with Crippen LogP contribution in [0.2, 0.25) is 20.1 Å². The predicted octanol–water partition coefficient (Wildman–Crippen LogP) is 6.66. The third-order valence-electron chi connectivity index (χ3n) is 2.54. The van der Waals surface area contributed by atoms with Gasteiger partial charge in [0, 0.05) is 12.0 Å². The van der Waals surface area contributed by atoms with E-state index in [1.807, 2.05) is 0 Å². The van der Waals surface area contributed by atoms with Gasteiger partial charge < -0.3 is 0 Å². The van der Waals surface area contributed by atoms with E-state index in [4.69, 9.17) is 92.8 Å². The first kappa shape index (κ1) is 14.9. The lowest BCUT2D eigenvalue weighted by Gasteiger charge is -2.26. The standard InChI is InChI=1S/C9H2Cl8/c10-4-2-1-8(14,15)9(16,17)3(2)5(11)7(13)6(4)12/h1H2. The molecule has 94 valence electrons. The Hall–Kier alpha value is 1.54. The number of halogens is 8. The molecule has 0 amide bonds.